The Morgan fingerprint density at radius 3 is 2.90 bits per heavy atom. The van der Waals surface area contributed by atoms with Crippen LogP contribution in [0.2, 0.25) is 0 Å². The number of fused-ring (bicyclic) bond motifs is 1. The monoisotopic (exact) mass is 271 g/mol. The molecule has 102 valence electrons. The molecule has 5 heteroatoms. The molecule has 2 aromatic rings. The maximum Gasteiger partial charge on any atom is 0.278 e. The van der Waals surface area contributed by atoms with Crippen molar-refractivity contribution in [3.8, 4) is 0 Å². The highest BCUT2D eigenvalue weighted by Crippen LogP contribution is 2.28. The molecule has 1 aromatic carbocycles. The van der Waals surface area contributed by atoms with E-state index in [9.17, 15) is 9.18 Å². The van der Waals surface area contributed by atoms with Gasteiger partial charge in [-0.25, -0.2) is 9.37 Å². The van der Waals surface area contributed by atoms with Crippen molar-refractivity contribution in [3.63, 3.8) is 0 Å². The standard InChI is InChI=1S/C15H14FN3O/c1-10-8-18-13(9-17-10)15(20)19-6-2-3-11-4-5-12(16)7-14(11)19/h4-5,7-9H,2-3,6H2,1H3. The van der Waals surface area contributed by atoms with Gasteiger partial charge in [-0.2, -0.15) is 0 Å². The lowest BCUT2D eigenvalue weighted by Crippen LogP contribution is -2.36. The average Bonchev–Trinajstić information content (AvgIpc) is 2.46. The van der Waals surface area contributed by atoms with Crippen LogP contribution in [-0.2, 0) is 6.42 Å². The summed E-state index contributed by atoms with van der Waals surface area (Å²) in [6.45, 7) is 2.39. The van der Waals surface area contributed by atoms with E-state index in [-0.39, 0.29) is 17.4 Å². The van der Waals surface area contributed by atoms with Crippen molar-refractivity contribution in [2.24, 2.45) is 0 Å². The zero-order valence-corrected chi connectivity index (χ0v) is 11.1. The molecule has 0 aliphatic carbocycles. The zero-order valence-electron chi connectivity index (χ0n) is 11.1. The molecule has 1 aliphatic rings. The first-order valence-electron chi connectivity index (χ1n) is 6.54. The van der Waals surface area contributed by atoms with Crippen molar-refractivity contribution in [3.05, 3.63) is 53.4 Å². The lowest BCUT2D eigenvalue weighted by atomic mass is 10.0. The third-order valence-corrected chi connectivity index (χ3v) is 3.41. The van der Waals surface area contributed by atoms with E-state index in [4.69, 9.17) is 0 Å². The summed E-state index contributed by atoms with van der Waals surface area (Å²) < 4.78 is 13.4. The number of anilines is 1. The van der Waals surface area contributed by atoms with E-state index in [1.54, 1.807) is 17.2 Å². The molecular weight excluding hydrogens is 257 g/mol. The summed E-state index contributed by atoms with van der Waals surface area (Å²) in [4.78, 5) is 22.3. The van der Waals surface area contributed by atoms with E-state index in [0.29, 0.717) is 12.2 Å². The maximum atomic E-state index is 13.4. The highest BCUT2D eigenvalue weighted by Gasteiger charge is 2.24. The van der Waals surface area contributed by atoms with Crippen LogP contribution in [0.15, 0.2) is 30.6 Å². The van der Waals surface area contributed by atoms with Gasteiger partial charge in [-0.3, -0.25) is 9.78 Å². The topological polar surface area (TPSA) is 46.1 Å². The summed E-state index contributed by atoms with van der Waals surface area (Å²) in [5, 5.41) is 0. The number of carbonyl (C=O) groups is 1. The number of rotatable bonds is 1. The number of halogens is 1. The molecule has 0 fully saturated rings. The van der Waals surface area contributed by atoms with Gasteiger partial charge in [0.15, 0.2) is 0 Å². The smallest absolute Gasteiger partial charge is 0.278 e. The van der Waals surface area contributed by atoms with Gasteiger partial charge in [-0.15, -0.1) is 0 Å². The number of nitrogens with zero attached hydrogens (tertiary/aromatic N) is 3. The van der Waals surface area contributed by atoms with Crippen LogP contribution in [0.5, 0.6) is 0 Å². The summed E-state index contributed by atoms with van der Waals surface area (Å²) in [5.41, 5.74) is 2.68. The maximum absolute atomic E-state index is 13.4. The minimum absolute atomic E-state index is 0.232. The lowest BCUT2D eigenvalue weighted by molar-refractivity contribution is 0.0980. The quantitative estimate of drug-likeness (QED) is 0.800. The Hall–Kier alpha value is -2.30. The summed E-state index contributed by atoms with van der Waals surface area (Å²) in [6.07, 6.45) is 4.75. The fraction of sp³-hybridized carbons (Fsp3) is 0.267. The van der Waals surface area contributed by atoms with Gasteiger partial charge in [0.2, 0.25) is 0 Å². The van der Waals surface area contributed by atoms with Gasteiger partial charge in [0.05, 0.1) is 17.6 Å². The first-order valence-corrected chi connectivity index (χ1v) is 6.54. The van der Waals surface area contributed by atoms with E-state index in [1.165, 1.54) is 18.3 Å². The Morgan fingerprint density at radius 2 is 2.15 bits per heavy atom. The average molecular weight is 271 g/mol. The van der Waals surface area contributed by atoms with Crippen molar-refractivity contribution in [2.45, 2.75) is 19.8 Å². The van der Waals surface area contributed by atoms with E-state index >= 15 is 0 Å². The number of amides is 1. The number of aromatic nitrogens is 2. The molecule has 1 aromatic heterocycles. The largest absolute Gasteiger partial charge is 0.307 e. The minimum atomic E-state index is -0.335. The summed E-state index contributed by atoms with van der Waals surface area (Å²) in [5.74, 6) is -0.567. The SMILES string of the molecule is Cc1cnc(C(=O)N2CCCc3ccc(F)cc32)cn1. The molecule has 0 saturated heterocycles. The Morgan fingerprint density at radius 1 is 1.30 bits per heavy atom. The molecule has 3 rings (SSSR count). The van der Waals surface area contributed by atoms with Gasteiger partial charge in [0.25, 0.3) is 5.91 Å². The predicted octanol–water partition coefficient (Wildman–Crippen LogP) is 2.52. The first-order chi connectivity index (χ1) is 9.65. The van der Waals surface area contributed by atoms with Gasteiger partial charge >= 0.3 is 0 Å². The predicted molar refractivity (Wildman–Crippen MR) is 73.2 cm³/mol. The molecule has 0 atom stereocenters. The van der Waals surface area contributed by atoms with Crippen molar-refractivity contribution < 1.29 is 9.18 Å². The fourth-order valence-electron chi connectivity index (χ4n) is 2.40. The van der Waals surface area contributed by atoms with Gasteiger partial charge < -0.3 is 4.90 Å². The number of hydrogen-bond acceptors (Lipinski definition) is 3. The second-order valence-electron chi connectivity index (χ2n) is 4.88. The molecule has 20 heavy (non-hydrogen) atoms. The molecule has 0 bridgehead atoms. The van der Waals surface area contributed by atoms with Gasteiger partial charge in [-0.05, 0) is 37.5 Å². The molecule has 0 unspecified atom stereocenters. The van der Waals surface area contributed by atoms with E-state index in [2.05, 4.69) is 9.97 Å². The van der Waals surface area contributed by atoms with Crippen LogP contribution in [0.3, 0.4) is 0 Å². The number of carbonyl (C=O) groups excluding carboxylic acids is 1. The van der Waals surface area contributed by atoms with Crippen LogP contribution >= 0.6 is 0 Å². The van der Waals surface area contributed by atoms with E-state index in [0.717, 1.165) is 24.1 Å². The number of aryl methyl sites for hydroxylation is 2. The molecule has 2 heterocycles. The normalized spacial score (nSPS) is 14.0. The van der Waals surface area contributed by atoms with Gasteiger partial charge in [0.1, 0.15) is 11.5 Å². The number of benzene rings is 1. The van der Waals surface area contributed by atoms with Crippen LogP contribution in [0.4, 0.5) is 10.1 Å². The van der Waals surface area contributed by atoms with Crippen LogP contribution in [0.25, 0.3) is 0 Å². The third kappa shape index (κ3) is 2.27. The molecule has 0 saturated carbocycles. The Bertz CT molecular complexity index is 655. The summed E-state index contributed by atoms with van der Waals surface area (Å²) in [6, 6.07) is 4.58. The van der Waals surface area contributed by atoms with Crippen LogP contribution in [0, 0.1) is 12.7 Å². The van der Waals surface area contributed by atoms with E-state index < -0.39 is 0 Å². The van der Waals surface area contributed by atoms with Crippen LogP contribution < -0.4 is 4.90 Å². The lowest BCUT2D eigenvalue weighted by Gasteiger charge is -2.29. The van der Waals surface area contributed by atoms with Gasteiger partial charge in [0, 0.05) is 12.7 Å². The molecule has 0 radical (unpaired) electrons. The van der Waals surface area contributed by atoms with Crippen LogP contribution in [-0.4, -0.2) is 22.4 Å². The second kappa shape index (κ2) is 5.00. The first kappa shape index (κ1) is 12.7. The fourth-order valence-corrected chi connectivity index (χ4v) is 2.40. The third-order valence-electron chi connectivity index (χ3n) is 3.41. The minimum Gasteiger partial charge on any atom is -0.307 e. The van der Waals surface area contributed by atoms with Crippen molar-refractivity contribution in [1.82, 2.24) is 9.97 Å². The highest BCUT2D eigenvalue weighted by molar-refractivity contribution is 6.05. The molecular formula is C15H14FN3O. The van der Waals surface area contributed by atoms with E-state index in [1.807, 2.05) is 6.92 Å². The highest BCUT2D eigenvalue weighted by atomic mass is 19.1. The zero-order chi connectivity index (χ0) is 14.1. The molecule has 1 amide bonds. The molecule has 4 nitrogen and oxygen atoms in total. The second-order valence-corrected chi connectivity index (χ2v) is 4.88. The molecule has 0 spiro atoms. The molecule has 0 N–H and O–H groups in total. The summed E-state index contributed by atoms with van der Waals surface area (Å²) >= 11 is 0. The number of hydrogen-bond donors (Lipinski definition) is 0. The Kier molecular flexibility index (Phi) is 3.18. The van der Waals surface area contributed by atoms with Crippen molar-refractivity contribution >= 4 is 11.6 Å². The molecule has 1 aliphatic heterocycles. The van der Waals surface area contributed by atoms with Crippen molar-refractivity contribution in [1.29, 1.82) is 0 Å². The van der Waals surface area contributed by atoms with Crippen LogP contribution in [0.1, 0.15) is 28.2 Å². The summed E-state index contributed by atoms with van der Waals surface area (Å²) in [7, 11) is 0. The van der Waals surface area contributed by atoms with Crippen molar-refractivity contribution in [2.75, 3.05) is 11.4 Å². The van der Waals surface area contributed by atoms with Gasteiger partial charge in [-0.1, -0.05) is 6.07 Å². The Balaban J connectivity index is 1.97. The Labute approximate surface area is 116 Å².